The van der Waals surface area contributed by atoms with Gasteiger partial charge in [-0.05, 0) is 12.1 Å². The number of carbonyl (C=O) groups is 2. The fourth-order valence-corrected chi connectivity index (χ4v) is 5.06. The van der Waals surface area contributed by atoms with Gasteiger partial charge < -0.3 is 9.88 Å². The highest BCUT2D eigenvalue weighted by atomic mass is 32.7. The lowest BCUT2D eigenvalue weighted by molar-refractivity contribution is -0.116. The van der Waals surface area contributed by atoms with Gasteiger partial charge in [-0.15, -0.1) is 0 Å². The van der Waals surface area contributed by atoms with Crippen LogP contribution in [0, 0.1) is 0 Å². The van der Waals surface area contributed by atoms with Gasteiger partial charge >= 0.3 is 0 Å². The van der Waals surface area contributed by atoms with Crippen molar-refractivity contribution in [3.8, 4) is 0 Å². The SMILES string of the molecule is CP(=O)(CNC(=O)C(=O)c1ccccc1)Sc1ccccc1. The third-order valence-corrected chi connectivity index (χ3v) is 6.59. The molecule has 2 aromatic rings. The highest BCUT2D eigenvalue weighted by molar-refractivity contribution is 8.57. The summed E-state index contributed by atoms with van der Waals surface area (Å²) in [5.41, 5.74) is 0.321. The van der Waals surface area contributed by atoms with Gasteiger partial charge in [0, 0.05) is 17.1 Å². The van der Waals surface area contributed by atoms with Gasteiger partial charge in [-0.3, -0.25) is 9.59 Å². The van der Waals surface area contributed by atoms with Gasteiger partial charge in [0.1, 0.15) is 0 Å². The summed E-state index contributed by atoms with van der Waals surface area (Å²) in [4.78, 5) is 24.6. The number of hydrogen-bond acceptors (Lipinski definition) is 4. The number of hydrogen-bond donors (Lipinski definition) is 1. The average molecular weight is 333 g/mol. The van der Waals surface area contributed by atoms with Crippen molar-refractivity contribution in [2.75, 3.05) is 13.0 Å². The third-order valence-electron chi connectivity index (χ3n) is 2.81. The Morgan fingerprint density at radius 3 is 2.14 bits per heavy atom. The lowest BCUT2D eigenvalue weighted by atomic mass is 10.1. The number of nitrogens with one attached hydrogen (secondary N) is 1. The van der Waals surface area contributed by atoms with Gasteiger partial charge in [-0.1, -0.05) is 59.9 Å². The molecule has 2 rings (SSSR count). The first kappa shape index (κ1) is 16.5. The molecule has 22 heavy (non-hydrogen) atoms. The van der Waals surface area contributed by atoms with E-state index in [9.17, 15) is 14.2 Å². The minimum absolute atomic E-state index is 0.0238. The molecule has 4 nitrogen and oxygen atoms in total. The summed E-state index contributed by atoms with van der Waals surface area (Å²) in [6.45, 7) is 1.60. The zero-order valence-electron chi connectivity index (χ0n) is 12.1. The van der Waals surface area contributed by atoms with E-state index in [0.717, 1.165) is 4.90 Å². The monoisotopic (exact) mass is 333 g/mol. The van der Waals surface area contributed by atoms with Gasteiger partial charge in [-0.2, -0.15) is 0 Å². The van der Waals surface area contributed by atoms with Crippen molar-refractivity contribution >= 4 is 29.4 Å². The molecule has 1 atom stereocenters. The Hall–Kier alpha value is -1.84. The number of Topliss-reactive ketones (excluding diaryl/α,β-unsaturated/α-hetero) is 1. The van der Waals surface area contributed by atoms with Crippen molar-refractivity contribution in [3.63, 3.8) is 0 Å². The number of carbonyl (C=O) groups excluding carboxylic acids is 2. The molecule has 114 valence electrons. The second-order valence-corrected chi connectivity index (χ2v) is 10.6. The summed E-state index contributed by atoms with van der Waals surface area (Å²) >= 11 is 1.22. The van der Waals surface area contributed by atoms with Gasteiger partial charge in [0.05, 0.1) is 6.29 Å². The smallest absolute Gasteiger partial charge is 0.292 e. The number of amides is 1. The zero-order chi connectivity index (χ0) is 16.0. The fraction of sp³-hybridized carbons (Fsp3) is 0.125. The van der Waals surface area contributed by atoms with E-state index < -0.39 is 18.0 Å². The first-order valence-corrected chi connectivity index (χ1v) is 10.4. The van der Waals surface area contributed by atoms with Gasteiger partial charge in [0.15, 0.2) is 6.34 Å². The molecule has 0 aliphatic carbocycles. The van der Waals surface area contributed by atoms with Crippen LogP contribution in [0.3, 0.4) is 0 Å². The normalized spacial score (nSPS) is 13.1. The molecular weight excluding hydrogens is 317 g/mol. The van der Waals surface area contributed by atoms with Crippen LogP contribution >= 0.6 is 17.7 Å². The molecule has 1 N–H and O–H groups in total. The molecule has 2 aromatic carbocycles. The Labute approximate surface area is 133 Å². The molecule has 0 fully saturated rings. The fourth-order valence-electron chi connectivity index (χ4n) is 1.75. The van der Waals surface area contributed by atoms with Gasteiger partial charge in [0.25, 0.3) is 5.91 Å². The van der Waals surface area contributed by atoms with Crippen molar-refractivity contribution in [3.05, 3.63) is 66.2 Å². The summed E-state index contributed by atoms with van der Waals surface area (Å²) in [7, 11) is 0. The Morgan fingerprint density at radius 2 is 1.55 bits per heavy atom. The number of ketones is 1. The van der Waals surface area contributed by atoms with E-state index in [1.807, 2.05) is 30.3 Å². The Bertz CT molecular complexity index is 704. The molecule has 6 heteroatoms. The van der Waals surface area contributed by atoms with Crippen LogP contribution in [0.25, 0.3) is 0 Å². The molecule has 0 aliphatic heterocycles. The van der Waals surface area contributed by atoms with Crippen molar-refractivity contribution in [2.24, 2.45) is 0 Å². The predicted molar refractivity (Wildman–Crippen MR) is 89.6 cm³/mol. The second kappa shape index (κ2) is 7.43. The first-order chi connectivity index (χ1) is 10.5. The van der Waals surface area contributed by atoms with E-state index in [0.29, 0.717) is 5.56 Å². The van der Waals surface area contributed by atoms with Crippen LogP contribution in [0.5, 0.6) is 0 Å². The number of benzene rings is 2. The second-order valence-electron chi connectivity index (χ2n) is 4.78. The largest absolute Gasteiger partial charge is 0.341 e. The van der Waals surface area contributed by atoms with Crippen LogP contribution in [0.4, 0.5) is 0 Å². The van der Waals surface area contributed by atoms with Crippen LogP contribution in [0.1, 0.15) is 10.4 Å². The van der Waals surface area contributed by atoms with E-state index in [1.54, 1.807) is 37.0 Å². The highest BCUT2D eigenvalue weighted by Crippen LogP contribution is 2.57. The molecule has 1 amide bonds. The molecule has 0 bridgehead atoms. The summed E-state index contributed by atoms with van der Waals surface area (Å²) < 4.78 is 12.5. The lowest BCUT2D eigenvalue weighted by Crippen LogP contribution is -2.31. The number of rotatable bonds is 6. The van der Waals surface area contributed by atoms with Crippen LogP contribution in [-0.2, 0) is 9.36 Å². The van der Waals surface area contributed by atoms with E-state index in [-0.39, 0.29) is 6.29 Å². The maximum absolute atomic E-state index is 12.5. The quantitative estimate of drug-likeness (QED) is 0.498. The maximum atomic E-state index is 12.5. The van der Waals surface area contributed by atoms with E-state index >= 15 is 0 Å². The van der Waals surface area contributed by atoms with Gasteiger partial charge in [0.2, 0.25) is 5.78 Å². The van der Waals surface area contributed by atoms with Crippen molar-refractivity contribution in [2.45, 2.75) is 4.90 Å². The molecule has 0 radical (unpaired) electrons. The Balaban J connectivity index is 1.93. The minimum Gasteiger partial charge on any atom is -0.341 e. The minimum atomic E-state index is -2.67. The highest BCUT2D eigenvalue weighted by Gasteiger charge is 2.21. The summed E-state index contributed by atoms with van der Waals surface area (Å²) in [5.74, 6) is -1.35. The first-order valence-electron chi connectivity index (χ1n) is 6.67. The van der Waals surface area contributed by atoms with Crippen molar-refractivity contribution in [1.29, 1.82) is 0 Å². The topological polar surface area (TPSA) is 63.2 Å². The molecule has 0 heterocycles. The zero-order valence-corrected chi connectivity index (χ0v) is 13.8. The Kier molecular flexibility index (Phi) is 5.58. The molecule has 0 aliphatic rings. The van der Waals surface area contributed by atoms with Crippen LogP contribution in [0.15, 0.2) is 65.6 Å². The van der Waals surface area contributed by atoms with Crippen molar-refractivity contribution < 1.29 is 14.2 Å². The standard InChI is InChI=1S/C16H16NO3PS/c1-21(20,22-14-10-6-3-7-11-14)12-17-16(19)15(18)13-8-4-2-5-9-13/h2-11H,12H2,1H3,(H,17,19). The summed E-state index contributed by atoms with van der Waals surface area (Å²) in [6.07, 6.45) is -2.69. The summed E-state index contributed by atoms with van der Waals surface area (Å²) in [5, 5.41) is 2.47. The molecular formula is C16H16NO3PS. The Morgan fingerprint density at radius 1 is 1.00 bits per heavy atom. The maximum Gasteiger partial charge on any atom is 0.292 e. The van der Waals surface area contributed by atoms with Gasteiger partial charge in [-0.25, -0.2) is 0 Å². The van der Waals surface area contributed by atoms with Crippen LogP contribution < -0.4 is 5.32 Å². The predicted octanol–water partition coefficient (Wildman–Crippen LogP) is 3.64. The lowest BCUT2D eigenvalue weighted by Gasteiger charge is -2.13. The molecule has 0 saturated heterocycles. The average Bonchev–Trinajstić information content (AvgIpc) is 2.53. The van der Waals surface area contributed by atoms with Crippen LogP contribution in [-0.4, -0.2) is 24.6 Å². The molecule has 0 aromatic heterocycles. The third kappa shape index (κ3) is 4.86. The van der Waals surface area contributed by atoms with E-state index in [2.05, 4.69) is 5.32 Å². The molecule has 1 unspecified atom stereocenters. The van der Waals surface area contributed by atoms with E-state index in [4.69, 9.17) is 0 Å². The van der Waals surface area contributed by atoms with Crippen LogP contribution in [0.2, 0.25) is 0 Å². The molecule has 0 saturated carbocycles. The summed E-state index contributed by atoms with van der Waals surface area (Å²) in [6, 6.07) is 17.6. The van der Waals surface area contributed by atoms with E-state index in [1.165, 1.54) is 11.4 Å². The molecule has 0 spiro atoms. The van der Waals surface area contributed by atoms with Crippen molar-refractivity contribution in [1.82, 2.24) is 5.32 Å².